The number of anilines is 3. The SMILES string of the molecule is COc1cc(OC)cc(N(CC#Cc2cc(N)nc(C)n2)c2ccc3ncc(-c4cnn(C)c4)nc3c2)c1. The molecule has 38 heavy (non-hydrogen) atoms. The van der Waals surface area contributed by atoms with Crippen molar-refractivity contribution < 1.29 is 9.47 Å². The summed E-state index contributed by atoms with van der Waals surface area (Å²) >= 11 is 0. The highest BCUT2D eigenvalue weighted by molar-refractivity contribution is 5.83. The van der Waals surface area contributed by atoms with Crippen molar-refractivity contribution in [3.8, 4) is 34.6 Å². The Hall–Kier alpha value is -5.17. The number of ether oxygens (including phenoxy) is 2. The molecule has 0 aliphatic carbocycles. The lowest BCUT2D eigenvalue weighted by Crippen LogP contribution is -2.17. The third kappa shape index (κ3) is 5.32. The Bertz CT molecular complexity index is 1640. The van der Waals surface area contributed by atoms with Crippen LogP contribution in [0.2, 0.25) is 0 Å². The Labute approximate surface area is 220 Å². The first-order valence-corrected chi connectivity index (χ1v) is 11.8. The van der Waals surface area contributed by atoms with Crippen LogP contribution in [0.5, 0.6) is 11.5 Å². The van der Waals surface area contributed by atoms with Gasteiger partial charge in [0.1, 0.15) is 28.8 Å². The van der Waals surface area contributed by atoms with Gasteiger partial charge in [-0.3, -0.25) is 9.67 Å². The maximum absolute atomic E-state index is 5.87. The van der Waals surface area contributed by atoms with Gasteiger partial charge in [0.2, 0.25) is 0 Å². The van der Waals surface area contributed by atoms with E-state index >= 15 is 0 Å². The number of nitrogen functional groups attached to an aromatic ring is 1. The van der Waals surface area contributed by atoms with E-state index in [9.17, 15) is 0 Å². The highest BCUT2D eigenvalue weighted by Gasteiger charge is 2.14. The van der Waals surface area contributed by atoms with Crippen molar-refractivity contribution in [2.24, 2.45) is 7.05 Å². The van der Waals surface area contributed by atoms with Gasteiger partial charge in [-0.15, -0.1) is 0 Å². The minimum atomic E-state index is 0.348. The van der Waals surface area contributed by atoms with Gasteiger partial charge in [0, 0.05) is 54.4 Å². The molecule has 0 aliphatic heterocycles. The van der Waals surface area contributed by atoms with Crippen LogP contribution in [0.4, 0.5) is 17.2 Å². The third-order valence-electron chi connectivity index (χ3n) is 5.80. The van der Waals surface area contributed by atoms with Crippen LogP contribution in [0.25, 0.3) is 22.3 Å². The summed E-state index contributed by atoms with van der Waals surface area (Å²) in [6.45, 7) is 2.13. The number of hydrogen-bond donors (Lipinski definition) is 1. The van der Waals surface area contributed by atoms with Crippen LogP contribution in [0.15, 0.2) is 61.1 Å². The van der Waals surface area contributed by atoms with Crippen LogP contribution in [0.1, 0.15) is 11.5 Å². The summed E-state index contributed by atoms with van der Waals surface area (Å²) in [4.78, 5) is 20.0. The predicted molar refractivity (Wildman–Crippen MR) is 146 cm³/mol. The molecule has 0 saturated heterocycles. The van der Waals surface area contributed by atoms with Gasteiger partial charge in [-0.1, -0.05) is 5.92 Å². The normalized spacial score (nSPS) is 10.6. The molecular formula is C28H26N8O2. The summed E-state index contributed by atoms with van der Waals surface area (Å²) in [5, 5.41) is 4.25. The van der Waals surface area contributed by atoms with E-state index in [2.05, 4.69) is 31.9 Å². The molecule has 5 aromatic rings. The number of hydrogen-bond acceptors (Lipinski definition) is 9. The van der Waals surface area contributed by atoms with Crippen molar-refractivity contribution in [3.05, 3.63) is 72.6 Å². The van der Waals surface area contributed by atoms with E-state index in [-0.39, 0.29) is 0 Å². The number of aryl methyl sites for hydroxylation is 2. The van der Waals surface area contributed by atoms with Gasteiger partial charge in [0.05, 0.1) is 49.9 Å². The Kier molecular flexibility index (Phi) is 6.74. The lowest BCUT2D eigenvalue weighted by Gasteiger charge is -2.24. The molecule has 190 valence electrons. The zero-order valence-electron chi connectivity index (χ0n) is 21.5. The smallest absolute Gasteiger partial charge is 0.129 e. The molecule has 10 heteroatoms. The van der Waals surface area contributed by atoms with Crippen molar-refractivity contribution in [3.63, 3.8) is 0 Å². The lowest BCUT2D eigenvalue weighted by molar-refractivity contribution is 0.394. The first-order valence-electron chi connectivity index (χ1n) is 11.8. The van der Waals surface area contributed by atoms with Gasteiger partial charge in [0.15, 0.2) is 0 Å². The standard InChI is InChI=1S/C28H26N8O2/c1-18-32-20(10-28(29)33-18)6-5-9-36(22-11-23(37-3)14-24(12-22)38-4)21-7-8-25-26(13-21)34-27(16-30-25)19-15-31-35(2)17-19/h7-8,10-17H,9H2,1-4H3,(H2,29,32,33). The number of rotatable bonds is 6. The average Bonchev–Trinajstić information content (AvgIpc) is 3.36. The molecule has 3 aromatic heterocycles. The fraction of sp³-hybridized carbons (Fsp3) is 0.179. The van der Waals surface area contributed by atoms with Crippen LogP contribution >= 0.6 is 0 Å². The number of methoxy groups -OCH3 is 2. The Morgan fingerprint density at radius 2 is 1.71 bits per heavy atom. The molecule has 0 fully saturated rings. The second kappa shape index (κ2) is 10.4. The molecule has 2 aromatic carbocycles. The number of nitrogens with two attached hydrogens (primary N) is 1. The number of fused-ring (bicyclic) bond motifs is 1. The predicted octanol–water partition coefficient (Wildman–Crippen LogP) is 3.92. The van der Waals surface area contributed by atoms with E-state index in [1.165, 1.54) is 0 Å². The van der Waals surface area contributed by atoms with Gasteiger partial charge in [0.25, 0.3) is 0 Å². The van der Waals surface area contributed by atoms with Gasteiger partial charge in [-0.2, -0.15) is 5.10 Å². The van der Waals surface area contributed by atoms with Gasteiger partial charge in [-0.05, 0) is 31.0 Å². The second-order valence-corrected chi connectivity index (χ2v) is 8.51. The fourth-order valence-corrected chi connectivity index (χ4v) is 4.00. The topological polar surface area (TPSA) is 117 Å². The van der Waals surface area contributed by atoms with Gasteiger partial charge >= 0.3 is 0 Å². The van der Waals surface area contributed by atoms with Crippen molar-refractivity contribution in [2.75, 3.05) is 31.4 Å². The quantitative estimate of drug-likeness (QED) is 0.342. The molecule has 0 radical (unpaired) electrons. The molecule has 0 aliphatic rings. The largest absolute Gasteiger partial charge is 0.497 e. The summed E-state index contributed by atoms with van der Waals surface area (Å²) in [7, 11) is 5.11. The summed E-state index contributed by atoms with van der Waals surface area (Å²) in [6, 6.07) is 13.3. The number of benzene rings is 2. The molecule has 2 N–H and O–H groups in total. The van der Waals surface area contributed by atoms with Crippen molar-refractivity contribution in [1.29, 1.82) is 0 Å². The van der Waals surface area contributed by atoms with Gasteiger partial charge in [-0.25, -0.2) is 15.0 Å². The minimum Gasteiger partial charge on any atom is -0.497 e. The van der Waals surface area contributed by atoms with Gasteiger partial charge < -0.3 is 20.1 Å². The fourth-order valence-electron chi connectivity index (χ4n) is 4.00. The summed E-state index contributed by atoms with van der Waals surface area (Å²) < 4.78 is 12.8. The van der Waals surface area contributed by atoms with Crippen molar-refractivity contribution >= 4 is 28.2 Å². The van der Waals surface area contributed by atoms with E-state index < -0.39 is 0 Å². The number of nitrogens with zero attached hydrogens (tertiary/aromatic N) is 7. The maximum Gasteiger partial charge on any atom is 0.129 e. The highest BCUT2D eigenvalue weighted by atomic mass is 16.5. The first kappa shape index (κ1) is 24.5. The molecule has 0 amide bonds. The van der Waals surface area contributed by atoms with E-state index in [1.54, 1.807) is 44.3 Å². The molecule has 3 heterocycles. The minimum absolute atomic E-state index is 0.348. The zero-order valence-corrected chi connectivity index (χ0v) is 21.5. The van der Waals surface area contributed by atoms with Crippen LogP contribution < -0.4 is 20.1 Å². The van der Waals surface area contributed by atoms with E-state index in [0.29, 0.717) is 35.4 Å². The summed E-state index contributed by atoms with van der Waals surface area (Å²) in [6.07, 6.45) is 5.43. The molecule has 0 atom stereocenters. The maximum atomic E-state index is 5.87. The molecule has 10 nitrogen and oxygen atoms in total. The van der Waals surface area contributed by atoms with Crippen LogP contribution in [-0.2, 0) is 7.05 Å². The molecule has 0 saturated carbocycles. The molecule has 0 bridgehead atoms. The summed E-state index contributed by atoms with van der Waals surface area (Å²) in [5.41, 5.74) is 11.3. The lowest BCUT2D eigenvalue weighted by atomic mass is 10.2. The molecular weight excluding hydrogens is 480 g/mol. The van der Waals surface area contributed by atoms with E-state index in [4.69, 9.17) is 20.2 Å². The third-order valence-corrected chi connectivity index (χ3v) is 5.80. The summed E-state index contributed by atoms with van der Waals surface area (Å²) in [5.74, 6) is 8.60. The second-order valence-electron chi connectivity index (χ2n) is 8.51. The van der Waals surface area contributed by atoms with Crippen LogP contribution in [0.3, 0.4) is 0 Å². The van der Waals surface area contributed by atoms with Crippen LogP contribution in [-0.4, -0.2) is 50.5 Å². The van der Waals surface area contributed by atoms with E-state index in [1.807, 2.05) is 54.5 Å². The molecule has 0 unspecified atom stereocenters. The first-order chi connectivity index (χ1) is 18.4. The highest BCUT2D eigenvalue weighted by Crippen LogP contribution is 2.34. The molecule has 0 spiro atoms. The van der Waals surface area contributed by atoms with Crippen molar-refractivity contribution in [2.45, 2.75) is 6.92 Å². The zero-order chi connectivity index (χ0) is 26.6. The van der Waals surface area contributed by atoms with Crippen molar-refractivity contribution in [1.82, 2.24) is 29.7 Å². The average molecular weight is 507 g/mol. The number of aromatic nitrogens is 6. The van der Waals surface area contributed by atoms with E-state index in [0.717, 1.165) is 33.7 Å². The molecule has 5 rings (SSSR count). The monoisotopic (exact) mass is 506 g/mol. The Morgan fingerprint density at radius 1 is 0.921 bits per heavy atom. The Balaban J connectivity index is 1.58. The van der Waals surface area contributed by atoms with Crippen LogP contribution in [0, 0.1) is 18.8 Å². The Morgan fingerprint density at radius 3 is 2.39 bits per heavy atom.